The smallest absolute Gasteiger partial charge is 0.0543 e. The van der Waals surface area contributed by atoms with Crippen LogP contribution in [0.1, 0.15) is 131 Å². The van der Waals surface area contributed by atoms with Crippen molar-refractivity contribution in [3.8, 4) is 11.1 Å². The number of rotatable bonds is 4. The Hall–Kier alpha value is -2.77. The van der Waals surface area contributed by atoms with Gasteiger partial charge in [-0.1, -0.05) is 131 Å². The zero-order chi connectivity index (χ0) is 35.2. The van der Waals surface area contributed by atoms with Crippen LogP contribution in [0.3, 0.4) is 0 Å². The molecule has 0 saturated heterocycles. The first kappa shape index (κ1) is 35.1. The molecule has 3 aromatic rings. The maximum atomic E-state index is 6.90. The minimum Gasteiger partial charge on any atom is -0.310 e. The molecule has 0 N–H and O–H groups in total. The second-order valence-electron chi connectivity index (χ2n) is 19.2. The highest BCUT2D eigenvalue weighted by atomic mass is 35.5. The lowest BCUT2D eigenvalue weighted by molar-refractivity contribution is 0.0966. The van der Waals surface area contributed by atoms with Gasteiger partial charge >= 0.3 is 0 Å². The number of allylic oxidation sites excluding steroid dienone is 3. The van der Waals surface area contributed by atoms with Crippen molar-refractivity contribution in [2.24, 2.45) is 22.7 Å². The molecule has 3 aliphatic rings. The molecule has 1 fully saturated rings. The van der Waals surface area contributed by atoms with Gasteiger partial charge in [0, 0.05) is 22.0 Å². The van der Waals surface area contributed by atoms with Crippen molar-refractivity contribution in [1.29, 1.82) is 0 Å². The van der Waals surface area contributed by atoms with Gasteiger partial charge in [0.1, 0.15) is 0 Å². The van der Waals surface area contributed by atoms with Crippen LogP contribution in [-0.4, -0.2) is 0 Å². The van der Waals surface area contributed by atoms with Crippen LogP contribution in [0.5, 0.6) is 0 Å². The third-order valence-electron chi connectivity index (χ3n) is 12.4. The van der Waals surface area contributed by atoms with E-state index in [0.717, 1.165) is 10.7 Å². The van der Waals surface area contributed by atoms with Crippen molar-refractivity contribution >= 4 is 23.0 Å². The van der Waals surface area contributed by atoms with Crippen LogP contribution in [0, 0.1) is 29.6 Å². The summed E-state index contributed by atoms with van der Waals surface area (Å²) in [7, 11) is 0. The molecule has 0 bridgehead atoms. The Balaban J connectivity index is 1.68. The Kier molecular flexibility index (Phi) is 8.51. The summed E-state index contributed by atoms with van der Waals surface area (Å²) in [6, 6.07) is 21.1. The zero-order valence-electron chi connectivity index (χ0n) is 32.2. The maximum Gasteiger partial charge on any atom is 0.0543 e. The molecule has 256 valence electrons. The summed E-state index contributed by atoms with van der Waals surface area (Å²) in [4.78, 5) is 2.56. The highest BCUT2D eigenvalue weighted by molar-refractivity contribution is 6.31. The Morgan fingerprint density at radius 2 is 1.31 bits per heavy atom. The molecule has 3 aliphatic carbocycles. The van der Waals surface area contributed by atoms with E-state index in [-0.39, 0.29) is 27.1 Å². The normalized spacial score (nSPS) is 23.8. The number of hydrogen-bond donors (Lipinski definition) is 0. The van der Waals surface area contributed by atoms with E-state index in [0.29, 0.717) is 11.8 Å². The fraction of sp³-hybridized carbons (Fsp3) is 0.522. The Morgan fingerprint density at radius 1 is 0.729 bits per heavy atom. The van der Waals surface area contributed by atoms with Gasteiger partial charge in [-0.25, -0.2) is 0 Å². The van der Waals surface area contributed by atoms with Gasteiger partial charge in [-0.3, -0.25) is 0 Å². The first-order valence-electron chi connectivity index (χ1n) is 18.4. The average Bonchev–Trinajstić information content (AvgIpc) is 2.97. The first-order valence-corrected chi connectivity index (χ1v) is 18.8. The van der Waals surface area contributed by atoms with E-state index < -0.39 is 0 Å². The maximum absolute atomic E-state index is 6.90. The molecule has 1 saturated carbocycles. The fourth-order valence-corrected chi connectivity index (χ4v) is 9.49. The van der Waals surface area contributed by atoms with Crippen molar-refractivity contribution in [2.75, 3.05) is 4.90 Å². The Morgan fingerprint density at radius 3 is 1.90 bits per heavy atom. The minimum absolute atomic E-state index is 0.0807. The second-order valence-corrected chi connectivity index (χ2v) is 19.7. The number of fused-ring (bicyclic) bond motifs is 2. The van der Waals surface area contributed by atoms with Crippen molar-refractivity contribution < 1.29 is 0 Å². The van der Waals surface area contributed by atoms with Crippen LogP contribution in [0.2, 0.25) is 5.02 Å². The van der Waals surface area contributed by atoms with E-state index in [1.54, 1.807) is 5.57 Å². The lowest BCUT2D eigenvalue weighted by atomic mass is 9.53. The van der Waals surface area contributed by atoms with E-state index in [1.165, 1.54) is 70.4 Å². The van der Waals surface area contributed by atoms with E-state index in [9.17, 15) is 0 Å². The molecule has 0 heterocycles. The topological polar surface area (TPSA) is 3.24 Å². The van der Waals surface area contributed by atoms with Gasteiger partial charge < -0.3 is 4.90 Å². The Labute approximate surface area is 297 Å². The van der Waals surface area contributed by atoms with Crippen molar-refractivity contribution in [3.63, 3.8) is 0 Å². The van der Waals surface area contributed by atoms with Crippen LogP contribution in [0.25, 0.3) is 11.1 Å². The van der Waals surface area contributed by atoms with Gasteiger partial charge in [0.05, 0.1) is 5.69 Å². The first-order chi connectivity index (χ1) is 22.1. The largest absolute Gasteiger partial charge is 0.310 e. The van der Waals surface area contributed by atoms with Crippen LogP contribution < -0.4 is 4.90 Å². The van der Waals surface area contributed by atoms with E-state index >= 15 is 0 Å². The van der Waals surface area contributed by atoms with E-state index in [1.807, 2.05) is 0 Å². The predicted octanol–water partition coefficient (Wildman–Crippen LogP) is 14.0. The summed E-state index contributed by atoms with van der Waals surface area (Å²) >= 11 is 6.90. The number of halogens is 1. The van der Waals surface area contributed by atoms with Gasteiger partial charge in [0.15, 0.2) is 0 Å². The molecule has 0 spiro atoms. The SMILES string of the molecule is Cc1cc(Cl)cc(N(C2=CC(C)C3C(=C2)C(C)(C)CCC3(C)C)c2cc3c(cc2-c2ccc(C(C)(C)C)cc2)C(C)(C)CCC3(C)C)c1. The van der Waals surface area contributed by atoms with Crippen molar-refractivity contribution in [2.45, 2.75) is 132 Å². The van der Waals surface area contributed by atoms with Gasteiger partial charge in [-0.15, -0.1) is 0 Å². The molecule has 2 atom stereocenters. The summed E-state index contributed by atoms with van der Waals surface area (Å²) in [5.74, 6) is 0.945. The molecule has 0 aliphatic heterocycles. The second kappa shape index (κ2) is 11.7. The average molecular weight is 662 g/mol. The van der Waals surface area contributed by atoms with Crippen molar-refractivity contribution in [1.82, 2.24) is 0 Å². The third-order valence-corrected chi connectivity index (χ3v) is 12.6. The molecule has 1 nitrogen and oxygen atoms in total. The molecule has 6 rings (SSSR count). The van der Waals surface area contributed by atoms with Crippen LogP contribution >= 0.6 is 11.6 Å². The zero-order valence-corrected chi connectivity index (χ0v) is 32.9. The summed E-state index contributed by atoms with van der Waals surface area (Å²) in [6.07, 6.45) is 9.98. The fourth-order valence-electron chi connectivity index (χ4n) is 9.21. The molecule has 0 aromatic heterocycles. The Bertz CT molecular complexity index is 1770. The lowest BCUT2D eigenvalue weighted by Gasteiger charge is -2.52. The standard InChI is InChI=1S/C46H60ClN/c1-29-22-33(47)25-34(23-29)48(35-24-30(2)41-39(26-35)45(10,11)20-21-46(41,12)13)40-28-38-37(43(6,7)18-19-44(38,8)9)27-36(40)31-14-16-32(17-15-31)42(3,4)5/h14-17,22-28,30,41H,18-21H2,1-13H3. The summed E-state index contributed by atoms with van der Waals surface area (Å²) in [5.41, 5.74) is 14.0. The lowest BCUT2D eigenvalue weighted by Crippen LogP contribution is -2.43. The highest BCUT2D eigenvalue weighted by Gasteiger charge is 2.47. The van der Waals surface area contributed by atoms with E-state index in [4.69, 9.17) is 11.6 Å². The molecule has 2 unspecified atom stereocenters. The van der Waals surface area contributed by atoms with Crippen LogP contribution in [0.4, 0.5) is 11.4 Å². The van der Waals surface area contributed by atoms with Gasteiger partial charge in [-0.05, 0) is 136 Å². The summed E-state index contributed by atoms with van der Waals surface area (Å²) < 4.78 is 0. The molecule has 48 heavy (non-hydrogen) atoms. The molecular weight excluding hydrogens is 602 g/mol. The van der Waals surface area contributed by atoms with Gasteiger partial charge in [-0.2, -0.15) is 0 Å². The highest BCUT2D eigenvalue weighted by Crippen LogP contribution is 2.58. The van der Waals surface area contributed by atoms with E-state index in [2.05, 4.69) is 162 Å². The van der Waals surface area contributed by atoms with Gasteiger partial charge in [0.25, 0.3) is 0 Å². The monoisotopic (exact) mass is 661 g/mol. The minimum atomic E-state index is 0.0807. The molecule has 2 heteroatoms. The molecule has 0 amide bonds. The molecule has 3 aromatic carbocycles. The molecular formula is C46H60ClN. The summed E-state index contributed by atoms with van der Waals surface area (Å²) in [6.45, 7) is 31.2. The molecule has 0 radical (unpaired) electrons. The van der Waals surface area contributed by atoms with Gasteiger partial charge in [0.2, 0.25) is 0 Å². The van der Waals surface area contributed by atoms with Crippen molar-refractivity contribution in [3.05, 3.63) is 105 Å². The number of hydrogen-bond acceptors (Lipinski definition) is 1. The number of anilines is 2. The third kappa shape index (κ3) is 6.23. The van der Waals surface area contributed by atoms with Crippen LogP contribution in [0.15, 0.2) is 78.0 Å². The number of nitrogens with zero attached hydrogens (tertiary/aromatic N) is 1. The number of benzene rings is 3. The number of aryl methyl sites for hydroxylation is 1. The summed E-state index contributed by atoms with van der Waals surface area (Å²) in [5, 5.41) is 0.777. The van der Waals surface area contributed by atoms with Crippen LogP contribution in [-0.2, 0) is 16.2 Å². The predicted molar refractivity (Wildman–Crippen MR) is 210 cm³/mol. The quantitative estimate of drug-likeness (QED) is 0.269.